The molecule has 0 spiro atoms. The van der Waals surface area contributed by atoms with Crippen molar-refractivity contribution in [2.75, 3.05) is 6.54 Å². The van der Waals surface area contributed by atoms with E-state index in [9.17, 15) is 5.11 Å². The van der Waals surface area contributed by atoms with Crippen LogP contribution in [0.1, 0.15) is 29.2 Å². The Morgan fingerprint density at radius 3 is 2.46 bits per heavy atom. The minimum absolute atomic E-state index is 0.375. The van der Waals surface area contributed by atoms with E-state index in [1.54, 1.807) is 0 Å². The predicted octanol–water partition coefficient (Wildman–Crippen LogP) is 2.04. The van der Waals surface area contributed by atoms with E-state index in [4.69, 9.17) is 0 Å². The molecule has 1 aliphatic rings. The van der Waals surface area contributed by atoms with Gasteiger partial charge in [0.2, 0.25) is 0 Å². The van der Waals surface area contributed by atoms with Crippen molar-refractivity contribution in [3.05, 3.63) is 28.8 Å². The van der Waals surface area contributed by atoms with Gasteiger partial charge in [-0.1, -0.05) is 12.1 Å². The van der Waals surface area contributed by atoms with Crippen LogP contribution in [0.15, 0.2) is 12.1 Å². The van der Waals surface area contributed by atoms with Crippen LogP contribution in [0.3, 0.4) is 0 Å². The molecule has 2 rings (SSSR count). The first-order valence-corrected chi connectivity index (χ1v) is 4.72. The Morgan fingerprint density at radius 2 is 1.92 bits per heavy atom. The first-order valence-electron chi connectivity index (χ1n) is 4.72. The Kier molecular flexibility index (Phi) is 2.00. The standard InChI is InChI=1S/C11H15NO/c1-7-3-4-8(2)11(13)10(7)9-5-6-12-9/h3-4,9,12-13H,5-6H2,1-2H3. The summed E-state index contributed by atoms with van der Waals surface area (Å²) in [6.07, 6.45) is 1.14. The number of hydrogen-bond donors (Lipinski definition) is 2. The fourth-order valence-electron chi connectivity index (χ4n) is 1.79. The minimum atomic E-state index is 0.375. The van der Waals surface area contributed by atoms with E-state index in [2.05, 4.69) is 18.3 Å². The van der Waals surface area contributed by atoms with Crippen molar-refractivity contribution < 1.29 is 5.11 Å². The van der Waals surface area contributed by atoms with Crippen LogP contribution in [0.5, 0.6) is 5.75 Å². The van der Waals surface area contributed by atoms with E-state index in [1.807, 2.05) is 13.0 Å². The SMILES string of the molecule is Cc1ccc(C)c(C2CCN2)c1O. The Hall–Kier alpha value is -1.02. The van der Waals surface area contributed by atoms with Gasteiger partial charge in [-0.05, 0) is 37.9 Å². The summed E-state index contributed by atoms with van der Waals surface area (Å²) in [5.41, 5.74) is 3.24. The molecule has 70 valence electrons. The monoisotopic (exact) mass is 177 g/mol. The highest BCUT2D eigenvalue weighted by Crippen LogP contribution is 2.34. The summed E-state index contributed by atoms with van der Waals surface area (Å²) in [5.74, 6) is 0.470. The van der Waals surface area contributed by atoms with Crippen molar-refractivity contribution in [1.29, 1.82) is 0 Å². The number of phenolic OH excluding ortho intramolecular Hbond substituents is 1. The quantitative estimate of drug-likeness (QED) is 0.688. The van der Waals surface area contributed by atoms with E-state index in [0.717, 1.165) is 24.1 Å². The van der Waals surface area contributed by atoms with Gasteiger partial charge in [0.1, 0.15) is 5.75 Å². The van der Waals surface area contributed by atoms with Crippen LogP contribution in [0, 0.1) is 13.8 Å². The zero-order valence-electron chi connectivity index (χ0n) is 8.09. The van der Waals surface area contributed by atoms with Crippen molar-refractivity contribution in [3.8, 4) is 5.75 Å². The minimum Gasteiger partial charge on any atom is -0.507 e. The number of aromatic hydroxyl groups is 1. The molecule has 1 aromatic carbocycles. The van der Waals surface area contributed by atoms with Crippen LogP contribution >= 0.6 is 0 Å². The fourth-order valence-corrected chi connectivity index (χ4v) is 1.79. The highest BCUT2D eigenvalue weighted by Gasteiger charge is 2.23. The zero-order valence-corrected chi connectivity index (χ0v) is 8.09. The van der Waals surface area contributed by atoms with Crippen molar-refractivity contribution >= 4 is 0 Å². The fraction of sp³-hybridized carbons (Fsp3) is 0.455. The molecule has 0 saturated carbocycles. The summed E-state index contributed by atoms with van der Waals surface area (Å²) in [6, 6.07) is 4.41. The van der Waals surface area contributed by atoms with Gasteiger partial charge in [0.15, 0.2) is 0 Å². The predicted molar refractivity (Wildman–Crippen MR) is 52.9 cm³/mol. The van der Waals surface area contributed by atoms with Gasteiger partial charge in [-0.2, -0.15) is 0 Å². The molecule has 1 atom stereocenters. The highest BCUT2D eigenvalue weighted by molar-refractivity contribution is 5.46. The zero-order chi connectivity index (χ0) is 9.42. The summed E-state index contributed by atoms with van der Waals surface area (Å²) in [7, 11) is 0. The molecule has 1 aromatic rings. The lowest BCUT2D eigenvalue weighted by Gasteiger charge is -2.30. The molecule has 1 saturated heterocycles. The molecule has 2 N–H and O–H groups in total. The number of phenols is 1. The second-order valence-electron chi connectivity index (χ2n) is 3.76. The van der Waals surface area contributed by atoms with E-state index < -0.39 is 0 Å². The third-order valence-electron chi connectivity index (χ3n) is 2.81. The molecule has 0 aliphatic carbocycles. The Labute approximate surface area is 78.6 Å². The van der Waals surface area contributed by atoms with Gasteiger partial charge in [-0.25, -0.2) is 0 Å². The lowest BCUT2D eigenvalue weighted by molar-refractivity contribution is 0.362. The van der Waals surface area contributed by atoms with Gasteiger partial charge < -0.3 is 10.4 Å². The average molecular weight is 177 g/mol. The molecule has 0 bridgehead atoms. The van der Waals surface area contributed by atoms with Crippen molar-refractivity contribution in [2.24, 2.45) is 0 Å². The summed E-state index contributed by atoms with van der Waals surface area (Å²) < 4.78 is 0. The number of hydrogen-bond acceptors (Lipinski definition) is 2. The molecule has 2 nitrogen and oxygen atoms in total. The van der Waals surface area contributed by atoms with Crippen LogP contribution in [0.4, 0.5) is 0 Å². The number of nitrogens with one attached hydrogen (secondary N) is 1. The lowest BCUT2D eigenvalue weighted by atomic mass is 9.91. The topological polar surface area (TPSA) is 32.3 Å². The molecular weight excluding hydrogens is 162 g/mol. The van der Waals surface area contributed by atoms with E-state index in [0.29, 0.717) is 11.8 Å². The molecule has 0 radical (unpaired) electrons. The first-order chi connectivity index (χ1) is 6.20. The van der Waals surface area contributed by atoms with Crippen LogP contribution < -0.4 is 5.32 Å². The van der Waals surface area contributed by atoms with E-state index in [1.165, 1.54) is 5.56 Å². The molecule has 1 unspecified atom stereocenters. The van der Waals surface area contributed by atoms with Crippen molar-refractivity contribution in [1.82, 2.24) is 5.32 Å². The smallest absolute Gasteiger partial charge is 0.123 e. The van der Waals surface area contributed by atoms with E-state index in [-0.39, 0.29) is 0 Å². The van der Waals surface area contributed by atoms with Gasteiger partial charge in [-0.3, -0.25) is 0 Å². The van der Waals surface area contributed by atoms with Crippen LogP contribution in [-0.2, 0) is 0 Å². The number of rotatable bonds is 1. The van der Waals surface area contributed by atoms with Gasteiger partial charge in [0.25, 0.3) is 0 Å². The largest absolute Gasteiger partial charge is 0.507 e. The average Bonchev–Trinajstić information content (AvgIpc) is 2.02. The summed E-state index contributed by atoms with van der Waals surface area (Å²) in [4.78, 5) is 0. The normalized spacial score (nSPS) is 21.2. The molecule has 1 fully saturated rings. The molecule has 0 aromatic heterocycles. The summed E-state index contributed by atoms with van der Waals surface area (Å²) in [6.45, 7) is 5.06. The Morgan fingerprint density at radius 1 is 1.31 bits per heavy atom. The number of benzene rings is 1. The Bertz CT molecular complexity index is 329. The molecule has 0 amide bonds. The lowest BCUT2D eigenvalue weighted by Crippen LogP contribution is -2.35. The van der Waals surface area contributed by atoms with Gasteiger partial charge >= 0.3 is 0 Å². The summed E-state index contributed by atoms with van der Waals surface area (Å²) >= 11 is 0. The molecule has 2 heteroatoms. The number of aryl methyl sites for hydroxylation is 2. The maximum atomic E-state index is 9.87. The maximum Gasteiger partial charge on any atom is 0.123 e. The Balaban J connectivity index is 2.46. The molecule has 13 heavy (non-hydrogen) atoms. The van der Waals surface area contributed by atoms with Crippen LogP contribution in [-0.4, -0.2) is 11.7 Å². The van der Waals surface area contributed by atoms with Gasteiger partial charge in [0, 0.05) is 11.6 Å². The molecule has 1 heterocycles. The van der Waals surface area contributed by atoms with E-state index >= 15 is 0 Å². The molecule has 1 aliphatic heterocycles. The van der Waals surface area contributed by atoms with Crippen LogP contribution in [0.2, 0.25) is 0 Å². The summed E-state index contributed by atoms with van der Waals surface area (Å²) in [5, 5.41) is 13.2. The second kappa shape index (κ2) is 3.04. The van der Waals surface area contributed by atoms with Crippen LogP contribution in [0.25, 0.3) is 0 Å². The van der Waals surface area contributed by atoms with Crippen molar-refractivity contribution in [2.45, 2.75) is 26.3 Å². The highest BCUT2D eigenvalue weighted by atomic mass is 16.3. The molecular formula is C11H15NO. The first kappa shape index (κ1) is 8.57. The third-order valence-corrected chi connectivity index (χ3v) is 2.81. The maximum absolute atomic E-state index is 9.87. The third kappa shape index (κ3) is 1.31. The van der Waals surface area contributed by atoms with Gasteiger partial charge in [0.05, 0.1) is 0 Å². The second-order valence-corrected chi connectivity index (χ2v) is 3.76. The van der Waals surface area contributed by atoms with Crippen molar-refractivity contribution in [3.63, 3.8) is 0 Å². The van der Waals surface area contributed by atoms with Gasteiger partial charge in [-0.15, -0.1) is 0 Å².